The Bertz CT molecular complexity index is 340. The zero-order valence-corrected chi connectivity index (χ0v) is 6.42. The van der Waals surface area contributed by atoms with Crippen LogP contribution in [0.15, 0.2) is 6.20 Å². The van der Waals surface area contributed by atoms with Crippen molar-refractivity contribution in [1.29, 1.82) is 0 Å². The lowest BCUT2D eigenvalue weighted by atomic mass is 10.1. The van der Waals surface area contributed by atoms with Crippen LogP contribution < -0.4 is 5.73 Å². The molecule has 12 heavy (non-hydrogen) atoms. The van der Waals surface area contributed by atoms with Crippen LogP contribution in [0.25, 0.3) is 0 Å². The fourth-order valence-corrected chi connectivity index (χ4v) is 1.01. The van der Waals surface area contributed by atoms with Crippen molar-refractivity contribution in [2.24, 2.45) is 5.73 Å². The lowest BCUT2D eigenvalue weighted by Crippen LogP contribution is -2.16. The van der Waals surface area contributed by atoms with Crippen molar-refractivity contribution < 1.29 is 14.7 Å². The average molecular weight is 168 g/mol. The maximum absolute atomic E-state index is 10.7. The van der Waals surface area contributed by atoms with E-state index >= 15 is 0 Å². The van der Waals surface area contributed by atoms with E-state index in [1.54, 1.807) is 6.92 Å². The van der Waals surface area contributed by atoms with Gasteiger partial charge in [0.2, 0.25) is 0 Å². The van der Waals surface area contributed by atoms with E-state index in [9.17, 15) is 9.59 Å². The van der Waals surface area contributed by atoms with Crippen molar-refractivity contribution in [3.8, 4) is 0 Å². The number of aromatic nitrogens is 1. The number of aryl methyl sites for hydroxylation is 1. The molecule has 64 valence electrons. The molecule has 0 fully saturated rings. The highest BCUT2D eigenvalue weighted by atomic mass is 16.4. The molecule has 1 aromatic rings. The van der Waals surface area contributed by atoms with Gasteiger partial charge in [0.1, 0.15) is 5.69 Å². The van der Waals surface area contributed by atoms with E-state index in [2.05, 4.69) is 4.98 Å². The molecular weight excluding hydrogens is 160 g/mol. The highest BCUT2D eigenvalue weighted by molar-refractivity contribution is 6.04. The van der Waals surface area contributed by atoms with Gasteiger partial charge in [-0.05, 0) is 12.5 Å². The zero-order valence-electron chi connectivity index (χ0n) is 6.42. The molecule has 0 aliphatic carbocycles. The summed E-state index contributed by atoms with van der Waals surface area (Å²) in [5, 5.41) is 8.59. The maximum Gasteiger partial charge on any atom is 0.353 e. The first-order valence-corrected chi connectivity index (χ1v) is 3.25. The molecule has 0 aliphatic heterocycles. The number of primary amides is 1. The molecule has 0 bridgehead atoms. The number of rotatable bonds is 2. The van der Waals surface area contributed by atoms with Gasteiger partial charge < -0.3 is 15.8 Å². The van der Waals surface area contributed by atoms with Crippen LogP contribution in [0, 0.1) is 6.92 Å². The van der Waals surface area contributed by atoms with E-state index in [-0.39, 0.29) is 11.3 Å². The summed E-state index contributed by atoms with van der Waals surface area (Å²) >= 11 is 0. The smallest absolute Gasteiger partial charge is 0.353 e. The minimum absolute atomic E-state index is 0.0440. The second kappa shape index (κ2) is 2.69. The Morgan fingerprint density at radius 1 is 1.58 bits per heavy atom. The Labute approximate surface area is 68.2 Å². The van der Waals surface area contributed by atoms with Crippen molar-refractivity contribution >= 4 is 11.9 Å². The molecule has 0 aromatic carbocycles. The topological polar surface area (TPSA) is 96.2 Å². The quantitative estimate of drug-likeness (QED) is 0.585. The number of aromatic carboxylic acids is 1. The molecule has 0 atom stereocenters. The number of H-pyrrole nitrogens is 1. The molecule has 1 amide bonds. The number of hydrogen-bond donors (Lipinski definition) is 3. The molecule has 1 aromatic heterocycles. The largest absolute Gasteiger partial charge is 0.477 e. The summed E-state index contributed by atoms with van der Waals surface area (Å²) in [6.45, 7) is 1.61. The summed E-state index contributed by atoms with van der Waals surface area (Å²) in [5.41, 5.74) is 5.41. The third-order valence-electron chi connectivity index (χ3n) is 1.54. The average Bonchev–Trinajstić information content (AvgIpc) is 2.30. The number of carboxylic acids is 1. The van der Waals surface area contributed by atoms with Crippen molar-refractivity contribution in [3.63, 3.8) is 0 Å². The number of amides is 1. The summed E-state index contributed by atoms with van der Waals surface area (Å²) in [6.07, 6.45) is 1.43. The number of nitrogens with one attached hydrogen (secondary N) is 1. The van der Waals surface area contributed by atoms with Gasteiger partial charge in [0, 0.05) is 6.20 Å². The third kappa shape index (κ3) is 1.16. The summed E-state index contributed by atoms with van der Waals surface area (Å²) in [4.78, 5) is 23.7. The lowest BCUT2D eigenvalue weighted by molar-refractivity contribution is 0.0686. The van der Waals surface area contributed by atoms with Crippen LogP contribution in [0.2, 0.25) is 0 Å². The van der Waals surface area contributed by atoms with Crippen LogP contribution in [-0.2, 0) is 0 Å². The Balaban J connectivity index is 3.31. The Kier molecular flexibility index (Phi) is 1.86. The number of nitrogens with two attached hydrogens (primary N) is 1. The van der Waals surface area contributed by atoms with Crippen LogP contribution >= 0.6 is 0 Å². The standard InChI is InChI=1S/C7H8N2O3/c1-3-2-9-5(7(11)12)4(3)6(8)10/h2,9H,1H3,(H2,8,10)(H,11,12). The van der Waals surface area contributed by atoms with E-state index in [0.29, 0.717) is 5.56 Å². The first kappa shape index (κ1) is 8.32. The van der Waals surface area contributed by atoms with E-state index in [1.807, 2.05) is 0 Å². The van der Waals surface area contributed by atoms with Gasteiger partial charge >= 0.3 is 5.97 Å². The molecule has 1 heterocycles. The molecule has 0 aliphatic rings. The lowest BCUT2D eigenvalue weighted by Gasteiger charge is -1.94. The highest BCUT2D eigenvalue weighted by Gasteiger charge is 2.18. The molecular formula is C7H8N2O3. The predicted molar refractivity (Wildman–Crippen MR) is 41.0 cm³/mol. The second-order valence-electron chi connectivity index (χ2n) is 2.39. The van der Waals surface area contributed by atoms with Gasteiger partial charge in [-0.1, -0.05) is 0 Å². The zero-order chi connectivity index (χ0) is 9.30. The third-order valence-corrected chi connectivity index (χ3v) is 1.54. The van der Waals surface area contributed by atoms with E-state index < -0.39 is 11.9 Å². The maximum atomic E-state index is 10.7. The van der Waals surface area contributed by atoms with Gasteiger partial charge in [0.15, 0.2) is 0 Å². The van der Waals surface area contributed by atoms with Crippen LogP contribution in [0.5, 0.6) is 0 Å². The Hall–Kier alpha value is -1.78. The highest BCUT2D eigenvalue weighted by Crippen LogP contribution is 2.11. The number of hydrogen-bond acceptors (Lipinski definition) is 2. The van der Waals surface area contributed by atoms with Crippen LogP contribution in [-0.4, -0.2) is 22.0 Å². The monoisotopic (exact) mass is 168 g/mol. The van der Waals surface area contributed by atoms with Gasteiger partial charge in [0.25, 0.3) is 5.91 Å². The van der Waals surface area contributed by atoms with Gasteiger partial charge in [-0.25, -0.2) is 4.79 Å². The number of carbonyl (C=O) groups excluding carboxylic acids is 1. The van der Waals surface area contributed by atoms with Crippen LogP contribution in [0.4, 0.5) is 0 Å². The molecule has 0 saturated carbocycles. The fourth-order valence-electron chi connectivity index (χ4n) is 1.01. The van der Waals surface area contributed by atoms with E-state index in [0.717, 1.165) is 0 Å². The van der Waals surface area contributed by atoms with Crippen LogP contribution in [0.1, 0.15) is 26.4 Å². The minimum atomic E-state index is -1.18. The SMILES string of the molecule is Cc1c[nH]c(C(=O)O)c1C(N)=O. The van der Waals surface area contributed by atoms with Gasteiger partial charge in [-0.2, -0.15) is 0 Å². The number of aromatic amines is 1. The van der Waals surface area contributed by atoms with E-state index in [4.69, 9.17) is 10.8 Å². The van der Waals surface area contributed by atoms with Crippen molar-refractivity contribution in [1.82, 2.24) is 4.98 Å². The summed E-state index contributed by atoms with van der Waals surface area (Å²) < 4.78 is 0. The van der Waals surface area contributed by atoms with Crippen molar-refractivity contribution in [2.75, 3.05) is 0 Å². The first-order chi connectivity index (χ1) is 5.54. The van der Waals surface area contributed by atoms with Crippen LogP contribution in [0.3, 0.4) is 0 Å². The van der Waals surface area contributed by atoms with Crippen molar-refractivity contribution in [3.05, 3.63) is 23.0 Å². The first-order valence-electron chi connectivity index (χ1n) is 3.25. The van der Waals surface area contributed by atoms with Gasteiger partial charge in [-0.15, -0.1) is 0 Å². The second-order valence-corrected chi connectivity index (χ2v) is 2.39. The molecule has 0 radical (unpaired) electrons. The molecule has 0 spiro atoms. The summed E-state index contributed by atoms with van der Waals surface area (Å²) in [6, 6.07) is 0. The predicted octanol–water partition coefficient (Wildman–Crippen LogP) is 0.120. The normalized spacial score (nSPS) is 9.75. The molecule has 5 nitrogen and oxygen atoms in total. The van der Waals surface area contributed by atoms with E-state index in [1.165, 1.54) is 6.20 Å². The molecule has 0 unspecified atom stereocenters. The minimum Gasteiger partial charge on any atom is -0.477 e. The fraction of sp³-hybridized carbons (Fsp3) is 0.143. The summed E-state index contributed by atoms with van der Waals surface area (Å²) in [5.74, 6) is -1.91. The molecule has 4 N–H and O–H groups in total. The molecule has 0 saturated heterocycles. The molecule has 1 rings (SSSR count). The number of carbonyl (C=O) groups is 2. The number of carboxylic acid groups (broad SMARTS) is 1. The van der Waals surface area contributed by atoms with Gasteiger partial charge in [0.05, 0.1) is 5.56 Å². The van der Waals surface area contributed by atoms with Crippen molar-refractivity contribution in [2.45, 2.75) is 6.92 Å². The molecule has 5 heteroatoms. The Morgan fingerprint density at radius 2 is 2.17 bits per heavy atom. The van der Waals surface area contributed by atoms with Gasteiger partial charge in [-0.3, -0.25) is 4.79 Å². The summed E-state index contributed by atoms with van der Waals surface area (Å²) in [7, 11) is 0. The Morgan fingerprint density at radius 3 is 2.50 bits per heavy atom.